The third-order valence-corrected chi connectivity index (χ3v) is 7.22. The van der Waals surface area contributed by atoms with Crippen molar-refractivity contribution in [1.29, 1.82) is 0 Å². The Morgan fingerprint density at radius 2 is 1.83 bits per heavy atom. The maximum atomic E-state index is 12.1. The first kappa shape index (κ1) is 23.3. The lowest BCUT2D eigenvalue weighted by Gasteiger charge is -2.32. The summed E-state index contributed by atoms with van der Waals surface area (Å²) in [5, 5.41) is 8.88. The lowest BCUT2D eigenvalue weighted by molar-refractivity contribution is -0.127. The van der Waals surface area contributed by atoms with Gasteiger partial charge in [-0.15, -0.1) is 0 Å². The average molecular weight is 467 g/mol. The van der Waals surface area contributed by atoms with Crippen molar-refractivity contribution in [2.75, 3.05) is 33.7 Å². The highest BCUT2D eigenvalue weighted by Gasteiger charge is 2.27. The summed E-state index contributed by atoms with van der Waals surface area (Å²) in [6.07, 6.45) is 4.40. The highest BCUT2D eigenvalue weighted by Crippen LogP contribution is 2.36. The van der Waals surface area contributed by atoms with Crippen LogP contribution in [0.3, 0.4) is 0 Å². The van der Waals surface area contributed by atoms with Crippen LogP contribution < -0.4 is 0 Å². The number of nitrogens with zero attached hydrogens (tertiary/aromatic N) is 4. The molecule has 0 spiro atoms. The first-order chi connectivity index (χ1) is 17.0. The van der Waals surface area contributed by atoms with Crippen LogP contribution in [0.25, 0.3) is 32.8 Å². The number of aryl methyl sites for hydroxylation is 1. The molecule has 1 saturated heterocycles. The Labute approximate surface area is 207 Å². The lowest BCUT2D eigenvalue weighted by Crippen LogP contribution is -2.37. The molecular formula is C30H34N4O. The molecule has 35 heavy (non-hydrogen) atoms. The molecule has 1 aromatic heterocycles. The Morgan fingerprint density at radius 1 is 1.06 bits per heavy atom. The zero-order chi connectivity index (χ0) is 24.4. The fourth-order valence-corrected chi connectivity index (χ4v) is 5.44. The summed E-state index contributed by atoms with van der Waals surface area (Å²) >= 11 is 0. The van der Waals surface area contributed by atoms with E-state index >= 15 is 0 Å². The van der Waals surface area contributed by atoms with E-state index in [-0.39, 0.29) is 5.91 Å². The number of amides is 1. The van der Waals surface area contributed by atoms with Crippen LogP contribution in [0.4, 0.5) is 0 Å². The quantitative estimate of drug-likeness (QED) is 0.328. The third kappa shape index (κ3) is 4.73. The van der Waals surface area contributed by atoms with Gasteiger partial charge in [-0.3, -0.25) is 9.48 Å². The van der Waals surface area contributed by atoms with Crippen molar-refractivity contribution in [3.8, 4) is 11.1 Å². The smallest absolute Gasteiger partial charge is 0.245 e. The number of aromatic nitrogens is 2. The minimum absolute atomic E-state index is 0.0347. The Hall–Kier alpha value is -3.44. The molecule has 0 radical (unpaired) electrons. The number of carbonyl (C=O) groups is 1. The van der Waals surface area contributed by atoms with Gasteiger partial charge in [0.25, 0.3) is 0 Å². The number of likely N-dealkylation sites (tertiary alicyclic amines) is 1. The van der Waals surface area contributed by atoms with Crippen LogP contribution in [-0.2, 0) is 11.3 Å². The van der Waals surface area contributed by atoms with E-state index < -0.39 is 0 Å². The summed E-state index contributed by atoms with van der Waals surface area (Å²) in [6, 6.07) is 21.8. The van der Waals surface area contributed by atoms with Crippen molar-refractivity contribution >= 4 is 27.6 Å². The van der Waals surface area contributed by atoms with Crippen LogP contribution in [0.5, 0.6) is 0 Å². The van der Waals surface area contributed by atoms with Gasteiger partial charge in [0, 0.05) is 36.6 Å². The minimum atomic E-state index is 0.0347. The highest BCUT2D eigenvalue weighted by atomic mass is 16.2. The van der Waals surface area contributed by atoms with E-state index in [1.54, 1.807) is 0 Å². The molecule has 4 aromatic rings. The SMILES string of the molecule is C=CC(=O)N1CCC(c2c3ccc(-c4cccc5ccccc45)cc3nn2CCCN(C)C)CC1. The van der Waals surface area contributed by atoms with Crippen molar-refractivity contribution in [3.05, 3.63) is 79.0 Å². The molecule has 5 nitrogen and oxygen atoms in total. The number of hydrogen-bond donors (Lipinski definition) is 0. The molecule has 0 saturated carbocycles. The number of rotatable bonds is 7. The van der Waals surface area contributed by atoms with Crippen LogP contribution in [-0.4, -0.2) is 59.2 Å². The molecule has 180 valence electrons. The maximum absolute atomic E-state index is 12.1. The van der Waals surface area contributed by atoms with Gasteiger partial charge in [0.2, 0.25) is 5.91 Å². The molecule has 1 amide bonds. The normalized spacial score (nSPS) is 14.8. The van der Waals surface area contributed by atoms with E-state index in [9.17, 15) is 4.79 Å². The van der Waals surface area contributed by atoms with Crippen molar-refractivity contribution in [3.63, 3.8) is 0 Å². The highest BCUT2D eigenvalue weighted by molar-refractivity contribution is 5.98. The van der Waals surface area contributed by atoms with E-state index in [1.807, 2.05) is 4.90 Å². The molecule has 0 unspecified atom stereocenters. The molecule has 1 aliphatic heterocycles. The first-order valence-electron chi connectivity index (χ1n) is 12.6. The predicted octanol–water partition coefficient (Wildman–Crippen LogP) is 5.70. The van der Waals surface area contributed by atoms with Gasteiger partial charge >= 0.3 is 0 Å². The van der Waals surface area contributed by atoms with Gasteiger partial charge in [-0.05, 0) is 73.9 Å². The van der Waals surface area contributed by atoms with E-state index in [0.717, 1.165) is 51.0 Å². The second-order valence-electron chi connectivity index (χ2n) is 9.83. The summed E-state index contributed by atoms with van der Waals surface area (Å²) < 4.78 is 2.25. The molecule has 0 aliphatic carbocycles. The lowest BCUT2D eigenvalue weighted by atomic mass is 9.90. The van der Waals surface area contributed by atoms with Crippen LogP contribution >= 0.6 is 0 Å². The second kappa shape index (κ2) is 10.0. The summed E-state index contributed by atoms with van der Waals surface area (Å²) in [6.45, 7) is 7.13. The number of fused-ring (bicyclic) bond motifs is 2. The summed E-state index contributed by atoms with van der Waals surface area (Å²) in [5.41, 5.74) is 4.82. The first-order valence-corrected chi connectivity index (χ1v) is 12.6. The number of carbonyl (C=O) groups excluding carboxylic acids is 1. The monoisotopic (exact) mass is 466 g/mol. The molecule has 1 aliphatic rings. The molecule has 5 rings (SSSR count). The molecule has 5 heteroatoms. The van der Waals surface area contributed by atoms with E-state index in [2.05, 4.69) is 90.9 Å². The summed E-state index contributed by atoms with van der Waals surface area (Å²) in [4.78, 5) is 16.2. The fraction of sp³-hybridized carbons (Fsp3) is 0.333. The van der Waals surface area contributed by atoms with Crippen LogP contribution in [0.1, 0.15) is 30.9 Å². The fourth-order valence-electron chi connectivity index (χ4n) is 5.44. The Balaban J connectivity index is 1.52. The van der Waals surface area contributed by atoms with Crippen molar-refractivity contribution < 1.29 is 4.79 Å². The van der Waals surface area contributed by atoms with E-state index in [1.165, 1.54) is 39.1 Å². The van der Waals surface area contributed by atoms with Crippen LogP contribution in [0.2, 0.25) is 0 Å². The van der Waals surface area contributed by atoms with Gasteiger partial charge in [0.1, 0.15) is 0 Å². The molecule has 3 aromatic carbocycles. The van der Waals surface area contributed by atoms with Crippen LogP contribution in [0, 0.1) is 0 Å². The molecular weight excluding hydrogens is 432 g/mol. The third-order valence-electron chi connectivity index (χ3n) is 7.22. The van der Waals surface area contributed by atoms with Gasteiger partial charge in [-0.1, -0.05) is 61.2 Å². The van der Waals surface area contributed by atoms with Gasteiger partial charge in [0.15, 0.2) is 0 Å². The topological polar surface area (TPSA) is 41.4 Å². The number of piperidine rings is 1. The maximum Gasteiger partial charge on any atom is 0.245 e. The number of hydrogen-bond acceptors (Lipinski definition) is 3. The van der Waals surface area contributed by atoms with Gasteiger partial charge in [-0.25, -0.2) is 0 Å². The Morgan fingerprint density at radius 3 is 2.60 bits per heavy atom. The molecule has 0 N–H and O–H groups in total. The zero-order valence-electron chi connectivity index (χ0n) is 20.8. The standard InChI is InChI=1S/C30H34N4O/c1-4-29(35)33-19-15-23(16-20-33)30-27-14-13-24(21-28(27)31-34(30)18-8-17-32(2)3)26-12-7-10-22-9-5-6-11-25(22)26/h4-7,9-14,21,23H,1,8,15-20H2,2-3H3. The Bertz CT molecular complexity index is 1360. The molecule has 2 heterocycles. The summed E-state index contributed by atoms with van der Waals surface area (Å²) in [7, 11) is 4.23. The van der Waals surface area contributed by atoms with Crippen molar-refractivity contribution in [2.45, 2.75) is 31.7 Å². The van der Waals surface area contributed by atoms with E-state index in [4.69, 9.17) is 5.10 Å². The van der Waals surface area contributed by atoms with Crippen LogP contribution in [0.15, 0.2) is 73.3 Å². The van der Waals surface area contributed by atoms with Crippen molar-refractivity contribution in [1.82, 2.24) is 19.6 Å². The largest absolute Gasteiger partial charge is 0.339 e. The minimum Gasteiger partial charge on any atom is -0.339 e. The van der Waals surface area contributed by atoms with Gasteiger partial charge < -0.3 is 9.80 Å². The van der Waals surface area contributed by atoms with Gasteiger partial charge in [0.05, 0.1) is 5.52 Å². The summed E-state index contributed by atoms with van der Waals surface area (Å²) in [5.74, 6) is 0.434. The predicted molar refractivity (Wildman–Crippen MR) is 145 cm³/mol. The molecule has 1 fully saturated rings. The van der Waals surface area contributed by atoms with E-state index in [0.29, 0.717) is 5.92 Å². The Kier molecular flexibility index (Phi) is 6.69. The second-order valence-corrected chi connectivity index (χ2v) is 9.83. The number of benzene rings is 3. The molecule has 0 bridgehead atoms. The molecule has 0 atom stereocenters. The zero-order valence-corrected chi connectivity index (χ0v) is 20.8. The van der Waals surface area contributed by atoms with Gasteiger partial charge in [-0.2, -0.15) is 5.10 Å². The average Bonchev–Trinajstić information content (AvgIpc) is 3.25. The van der Waals surface area contributed by atoms with Crippen molar-refractivity contribution in [2.24, 2.45) is 0 Å².